The SMILES string of the molecule is CCC(Oc1ccc(OC)cc1)C(=O)N1CCN(c2cc(Cl)ccc2C)CC1. The van der Waals surface area contributed by atoms with Gasteiger partial charge in [-0.3, -0.25) is 4.79 Å². The number of ether oxygens (including phenoxy) is 2. The third kappa shape index (κ3) is 4.71. The summed E-state index contributed by atoms with van der Waals surface area (Å²) >= 11 is 6.16. The molecule has 1 saturated heterocycles. The van der Waals surface area contributed by atoms with Gasteiger partial charge in [0.15, 0.2) is 6.10 Å². The van der Waals surface area contributed by atoms with E-state index in [2.05, 4.69) is 11.8 Å². The Balaban J connectivity index is 1.60. The van der Waals surface area contributed by atoms with Gasteiger partial charge in [-0.1, -0.05) is 24.6 Å². The summed E-state index contributed by atoms with van der Waals surface area (Å²) in [6.07, 6.45) is 0.145. The van der Waals surface area contributed by atoms with E-state index in [1.807, 2.05) is 54.3 Å². The molecule has 0 spiro atoms. The predicted octanol–water partition coefficient (Wildman–Crippen LogP) is 4.16. The lowest BCUT2D eigenvalue weighted by molar-refractivity contribution is -0.139. The Morgan fingerprint density at radius 3 is 2.32 bits per heavy atom. The van der Waals surface area contributed by atoms with Crippen LogP contribution >= 0.6 is 11.6 Å². The summed E-state index contributed by atoms with van der Waals surface area (Å²) in [6.45, 7) is 6.97. The Morgan fingerprint density at radius 2 is 1.71 bits per heavy atom. The second kappa shape index (κ2) is 9.20. The predicted molar refractivity (Wildman–Crippen MR) is 113 cm³/mol. The largest absolute Gasteiger partial charge is 0.497 e. The van der Waals surface area contributed by atoms with Crippen molar-refractivity contribution in [2.24, 2.45) is 0 Å². The standard InChI is InChI=1S/C22H27ClN2O3/c1-4-21(28-19-9-7-18(27-3)8-10-19)22(26)25-13-11-24(12-14-25)20-15-17(23)6-5-16(20)2/h5-10,15,21H,4,11-14H2,1-3H3. The average Bonchev–Trinajstić information content (AvgIpc) is 2.74. The summed E-state index contributed by atoms with van der Waals surface area (Å²) in [5, 5.41) is 0.734. The zero-order chi connectivity index (χ0) is 20.1. The normalized spacial score (nSPS) is 15.3. The number of benzene rings is 2. The molecule has 3 rings (SSSR count). The number of hydrogen-bond donors (Lipinski definition) is 0. The first-order valence-corrected chi connectivity index (χ1v) is 10.00. The molecule has 1 atom stereocenters. The molecule has 150 valence electrons. The minimum absolute atomic E-state index is 0.0424. The van der Waals surface area contributed by atoms with Crippen LogP contribution in [-0.4, -0.2) is 50.2 Å². The lowest BCUT2D eigenvalue weighted by Crippen LogP contribution is -2.52. The number of hydrogen-bond acceptors (Lipinski definition) is 4. The van der Waals surface area contributed by atoms with Gasteiger partial charge in [0.25, 0.3) is 5.91 Å². The van der Waals surface area contributed by atoms with Crippen molar-refractivity contribution in [2.45, 2.75) is 26.4 Å². The van der Waals surface area contributed by atoms with Crippen LogP contribution in [0, 0.1) is 6.92 Å². The molecule has 28 heavy (non-hydrogen) atoms. The number of methoxy groups -OCH3 is 1. The summed E-state index contributed by atoms with van der Waals surface area (Å²) in [7, 11) is 1.62. The lowest BCUT2D eigenvalue weighted by Gasteiger charge is -2.38. The molecule has 0 aromatic heterocycles. The molecular weight excluding hydrogens is 376 g/mol. The van der Waals surface area contributed by atoms with Crippen molar-refractivity contribution in [2.75, 3.05) is 38.2 Å². The first-order chi connectivity index (χ1) is 13.5. The van der Waals surface area contributed by atoms with Gasteiger partial charge in [0.05, 0.1) is 7.11 Å². The first kappa shape index (κ1) is 20.3. The highest BCUT2D eigenvalue weighted by Crippen LogP contribution is 2.26. The number of carbonyl (C=O) groups excluding carboxylic acids is 1. The second-order valence-electron chi connectivity index (χ2n) is 6.93. The molecule has 2 aromatic rings. The van der Waals surface area contributed by atoms with E-state index in [1.165, 1.54) is 5.56 Å². The zero-order valence-corrected chi connectivity index (χ0v) is 17.4. The highest BCUT2D eigenvalue weighted by molar-refractivity contribution is 6.30. The number of piperazine rings is 1. The van der Waals surface area contributed by atoms with Crippen LogP contribution in [0.2, 0.25) is 5.02 Å². The van der Waals surface area contributed by atoms with E-state index in [0.717, 1.165) is 29.5 Å². The van der Waals surface area contributed by atoms with Gasteiger partial charge in [-0.15, -0.1) is 0 Å². The Labute approximate surface area is 171 Å². The molecule has 1 amide bonds. The number of carbonyl (C=O) groups is 1. The molecular formula is C22H27ClN2O3. The van der Waals surface area contributed by atoms with Crippen LogP contribution in [0.15, 0.2) is 42.5 Å². The summed E-state index contributed by atoms with van der Waals surface area (Å²) < 4.78 is 11.1. The Kier molecular flexibility index (Phi) is 6.68. The molecule has 0 radical (unpaired) electrons. The minimum atomic E-state index is -0.479. The van der Waals surface area contributed by atoms with Crippen molar-refractivity contribution < 1.29 is 14.3 Å². The zero-order valence-electron chi connectivity index (χ0n) is 16.7. The number of aryl methyl sites for hydroxylation is 1. The molecule has 2 aromatic carbocycles. The van der Waals surface area contributed by atoms with E-state index in [0.29, 0.717) is 25.3 Å². The Morgan fingerprint density at radius 1 is 1.07 bits per heavy atom. The first-order valence-electron chi connectivity index (χ1n) is 9.62. The summed E-state index contributed by atoms with van der Waals surface area (Å²) in [4.78, 5) is 17.1. The molecule has 1 heterocycles. The van der Waals surface area contributed by atoms with E-state index in [9.17, 15) is 4.79 Å². The average molecular weight is 403 g/mol. The molecule has 1 fully saturated rings. The van der Waals surface area contributed by atoms with Gasteiger partial charge in [0.2, 0.25) is 0 Å². The van der Waals surface area contributed by atoms with Gasteiger partial charge in [-0.05, 0) is 55.3 Å². The van der Waals surface area contributed by atoms with Crippen molar-refractivity contribution >= 4 is 23.2 Å². The molecule has 0 aliphatic carbocycles. The van der Waals surface area contributed by atoms with E-state index >= 15 is 0 Å². The fraction of sp³-hybridized carbons (Fsp3) is 0.409. The lowest BCUT2D eigenvalue weighted by atomic mass is 10.1. The highest BCUT2D eigenvalue weighted by Gasteiger charge is 2.28. The van der Waals surface area contributed by atoms with Gasteiger partial charge in [-0.2, -0.15) is 0 Å². The number of amides is 1. The minimum Gasteiger partial charge on any atom is -0.497 e. The maximum Gasteiger partial charge on any atom is 0.263 e. The van der Waals surface area contributed by atoms with Crippen molar-refractivity contribution in [1.29, 1.82) is 0 Å². The van der Waals surface area contributed by atoms with Crippen LogP contribution in [-0.2, 0) is 4.79 Å². The van der Waals surface area contributed by atoms with E-state index in [4.69, 9.17) is 21.1 Å². The van der Waals surface area contributed by atoms with E-state index in [1.54, 1.807) is 7.11 Å². The molecule has 0 N–H and O–H groups in total. The molecule has 0 bridgehead atoms. The molecule has 1 aliphatic heterocycles. The number of nitrogens with zero attached hydrogens (tertiary/aromatic N) is 2. The Bertz CT molecular complexity index is 802. The van der Waals surface area contributed by atoms with Crippen LogP contribution < -0.4 is 14.4 Å². The van der Waals surface area contributed by atoms with Crippen molar-refractivity contribution in [3.8, 4) is 11.5 Å². The van der Waals surface area contributed by atoms with Crippen LogP contribution in [0.25, 0.3) is 0 Å². The highest BCUT2D eigenvalue weighted by atomic mass is 35.5. The van der Waals surface area contributed by atoms with Crippen LogP contribution in [0.1, 0.15) is 18.9 Å². The second-order valence-corrected chi connectivity index (χ2v) is 7.37. The fourth-order valence-corrected chi connectivity index (χ4v) is 3.59. The van der Waals surface area contributed by atoms with Crippen molar-refractivity contribution in [3.63, 3.8) is 0 Å². The maximum absolute atomic E-state index is 13.0. The number of halogens is 1. The van der Waals surface area contributed by atoms with Gasteiger partial charge in [0.1, 0.15) is 11.5 Å². The monoisotopic (exact) mass is 402 g/mol. The molecule has 0 saturated carbocycles. The fourth-order valence-electron chi connectivity index (χ4n) is 3.42. The van der Waals surface area contributed by atoms with Crippen LogP contribution in [0.5, 0.6) is 11.5 Å². The maximum atomic E-state index is 13.0. The van der Waals surface area contributed by atoms with Crippen LogP contribution in [0.4, 0.5) is 5.69 Å². The number of anilines is 1. The van der Waals surface area contributed by atoms with Gasteiger partial charge in [0, 0.05) is 36.9 Å². The molecule has 1 unspecified atom stereocenters. The van der Waals surface area contributed by atoms with Gasteiger partial charge < -0.3 is 19.3 Å². The van der Waals surface area contributed by atoms with Crippen molar-refractivity contribution in [3.05, 3.63) is 53.1 Å². The van der Waals surface area contributed by atoms with Crippen molar-refractivity contribution in [1.82, 2.24) is 4.90 Å². The topological polar surface area (TPSA) is 42.0 Å². The smallest absolute Gasteiger partial charge is 0.263 e. The van der Waals surface area contributed by atoms with Gasteiger partial charge in [-0.25, -0.2) is 0 Å². The van der Waals surface area contributed by atoms with E-state index in [-0.39, 0.29) is 5.91 Å². The third-order valence-electron chi connectivity index (χ3n) is 5.09. The summed E-state index contributed by atoms with van der Waals surface area (Å²) in [5.74, 6) is 1.48. The summed E-state index contributed by atoms with van der Waals surface area (Å²) in [5.41, 5.74) is 2.33. The van der Waals surface area contributed by atoms with Crippen LogP contribution in [0.3, 0.4) is 0 Å². The quantitative estimate of drug-likeness (QED) is 0.727. The molecule has 6 heteroatoms. The Hall–Kier alpha value is -2.40. The van der Waals surface area contributed by atoms with E-state index < -0.39 is 6.10 Å². The van der Waals surface area contributed by atoms with Gasteiger partial charge >= 0.3 is 0 Å². The summed E-state index contributed by atoms with van der Waals surface area (Å²) in [6, 6.07) is 13.3. The molecule has 1 aliphatic rings. The molecule has 5 nitrogen and oxygen atoms in total. The number of rotatable bonds is 6. The third-order valence-corrected chi connectivity index (χ3v) is 5.32.